The third-order valence-corrected chi connectivity index (χ3v) is 1.75. The Morgan fingerprint density at radius 2 is 2.00 bits per heavy atom. The fourth-order valence-corrected chi connectivity index (χ4v) is 1.06. The molecule has 1 rings (SSSR count). The van der Waals surface area contributed by atoms with Gasteiger partial charge in [-0.3, -0.25) is 0 Å². The summed E-state index contributed by atoms with van der Waals surface area (Å²) in [6.45, 7) is 2.00. The van der Waals surface area contributed by atoms with Crippen LogP contribution in [0, 0.1) is 0 Å². The van der Waals surface area contributed by atoms with Crippen LogP contribution in [0.25, 0.3) is 6.08 Å². The van der Waals surface area contributed by atoms with Gasteiger partial charge in [0, 0.05) is 5.38 Å². The van der Waals surface area contributed by atoms with Crippen LogP contribution < -0.4 is 0 Å². The molecule has 1 atom stereocenters. The third-order valence-electron chi connectivity index (χ3n) is 1.57. The van der Waals surface area contributed by atoms with Crippen LogP contribution in [-0.4, -0.2) is 5.38 Å². The quantitative estimate of drug-likeness (QED) is 0.622. The summed E-state index contributed by atoms with van der Waals surface area (Å²) < 4.78 is 0. The highest BCUT2D eigenvalue weighted by atomic mass is 35.5. The van der Waals surface area contributed by atoms with E-state index in [2.05, 4.69) is 24.3 Å². The van der Waals surface area contributed by atoms with Gasteiger partial charge in [-0.05, 0) is 18.9 Å². The predicted octanol–water partition coefficient (Wildman–Crippen LogP) is 3.72. The summed E-state index contributed by atoms with van der Waals surface area (Å²) in [5.74, 6) is 0. The monoisotopic (exact) mass is 180 g/mol. The van der Waals surface area contributed by atoms with Gasteiger partial charge < -0.3 is 0 Å². The van der Waals surface area contributed by atoms with Crippen LogP contribution in [0.1, 0.15) is 18.9 Å². The van der Waals surface area contributed by atoms with Crippen molar-refractivity contribution in [2.24, 2.45) is 0 Å². The molecule has 1 unspecified atom stereocenters. The Hall–Kier alpha value is -0.750. The smallest absolute Gasteiger partial charge is 0.0342 e. The Balaban J connectivity index is 2.47. The van der Waals surface area contributed by atoms with Crippen molar-refractivity contribution in [3.05, 3.63) is 42.0 Å². The van der Waals surface area contributed by atoms with Gasteiger partial charge in [-0.1, -0.05) is 42.5 Å². The van der Waals surface area contributed by atoms with E-state index in [1.54, 1.807) is 0 Å². The first-order valence-corrected chi connectivity index (χ1v) is 4.58. The van der Waals surface area contributed by atoms with Crippen LogP contribution in [0.4, 0.5) is 0 Å². The molecular weight excluding hydrogens is 168 g/mol. The molecule has 0 amide bonds. The maximum absolute atomic E-state index is 5.79. The summed E-state index contributed by atoms with van der Waals surface area (Å²) in [7, 11) is 0. The average Bonchev–Trinajstić information content (AvgIpc) is 2.05. The summed E-state index contributed by atoms with van der Waals surface area (Å²) in [5.41, 5.74) is 1.23. The number of halogens is 1. The molecule has 0 N–H and O–H groups in total. The van der Waals surface area contributed by atoms with Gasteiger partial charge in [0.2, 0.25) is 0 Å². The minimum absolute atomic E-state index is 0.227. The number of rotatable bonds is 3. The van der Waals surface area contributed by atoms with Gasteiger partial charge in [0.25, 0.3) is 0 Å². The second-order valence-corrected chi connectivity index (χ2v) is 3.57. The van der Waals surface area contributed by atoms with Gasteiger partial charge in [-0.15, -0.1) is 11.6 Å². The van der Waals surface area contributed by atoms with E-state index < -0.39 is 0 Å². The van der Waals surface area contributed by atoms with Crippen molar-refractivity contribution >= 4 is 17.7 Å². The van der Waals surface area contributed by atoms with E-state index in [1.807, 2.05) is 25.1 Å². The summed E-state index contributed by atoms with van der Waals surface area (Å²) in [6, 6.07) is 10.2. The van der Waals surface area contributed by atoms with E-state index in [0.29, 0.717) is 0 Å². The zero-order valence-corrected chi connectivity index (χ0v) is 7.96. The number of allylic oxidation sites excluding steroid dienone is 1. The molecule has 0 radical (unpaired) electrons. The highest BCUT2D eigenvalue weighted by molar-refractivity contribution is 6.20. The third kappa shape index (κ3) is 3.59. The average molecular weight is 181 g/mol. The van der Waals surface area contributed by atoms with Crippen LogP contribution in [0.15, 0.2) is 36.4 Å². The Morgan fingerprint density at radius 1 is 1.33 bits per heavy atom. The first-order valence-electron chi connectivity index (χ1n) is 4.14. The largest absolute Gasteiger partial charge is 0.123 e. The molecule has 0 saturated carbocycles. The lowest BCUT2D eigenvalue weighted by Crippen LogP contribution is -1.84. The van der Waals surface area contributed by atoms with Crippen molar-refractivity contribution in [1.82, 2.24) is 0 Å². The molecule has 0 aliphatic carbocycles. The Labute approximate surface area is 78.9 Å². The molecule has 0 aliphatic heterocycles. The first-order chi connectivity index (χ1) is 5.79. The summed E-state index contributed by atoms with van der Waals surface area (Å²) in [6.07, 6.45) is 5.13. The number of hydrogen-bond acceptors (Lipinski definition) is 0. The topological polar surface area (TPSA) is 0 Å². The Morgan fingerprint density at radius 3 is 2.58 bits per heavy atom. The van der Waals surface area contributed by atoms with Crippen molar-refractivity contribution in [3.63, 3.8) is 0 Å². The molecule has 0 aromatic heterocycles. The maximum atomic E-state index is 5.79. The maximum Gasteiger partial charge on any atom is 0.0342 e. The van der Waals surface area contributed by atoms with Crippen molar-refractivity contribution in [2.45, 2.75) is 18.7 Å². The second kappa shape index (κ2) is 5.00. The van der Waals surface area contributed by atoms with Crippen molar-refractivity contribution in [2.75, 3.05) is 0 Å². The normalized spacial score (nSPS) is 13.5. The molecule has 0 aliphatic rings. The SMILES string of the molecule is CC(Cl)CC=Cc1ccccc1. The lowest BCUT2D eigenvalue weighted by Gasteiger charge is -1.94. The van der Waals surface area contributed by atoms with Crippen LogP contribution in [0.3, 0.4) is 0 Å². The molecule has 0 saturated heterocycles. The van der Waals surface area contributed by atoms with Gasteiger partial charge in [-0.2, -0.15) is 0 Å². The van der Waals surface area contributed by atoms with Crippen LogP contribution in [0.2, 0.25) is 0 Å². The lowest BCUT2D eigenvalue weighted by molar-refractivity contribution is 0.972. The van der Waals surface area contributed by atoms with Gasteiger partial charge in [0.05, 0.1) is 0 Å². The van der Waals surface area contributed by atoms with Crippen LogP contribution in [0.5, 0.6) is 0 Å². The molecule has 0 fully saturated rings. The molecule has 0 bridgehead atoms. The molecule has 1 aromatic rings. The molecule has 0 nitrogen and oxygen atoms in total. The minimum atomic E-state index is 0.227. The zero-order chi connectivity index (χ0) is 8.81. The predicted molar refractivity (Wildman–Crippen MR) is 55.4 cm³/mol. The number of hydrogen-bond donors (Lipinski definition) is 0. The van der Waals surface area contributed by atoms with Gasteiger partial charge >= 0.3 is 0 Å². The van der Waals surface area contributed by atoms with Gasteiger partial charge in [0.15, 0.2) is 0 Å². The Kier molecular flexibility index (Phi) is 3.89. The van der Waals surface area contributed by atoms with Crippen LogP contribution >= 0.6 is 11.6 Å². The fraction of sp³-hybridized carbons (Fsp3) is 0.273. The molecular formula is C11H13Cl. The standard InChI is InChI=1S/C11H13Cl/c1-10(12)6-5-9-11-7-3-2-4-8-11/h2-5,7-10H,6H2,1H3. The van der Waals surface area contributed by atoms with Gasteiger partial charge in [-0.25, -0.2) is 0 Å². The van der Waals surface area contributed by atoms with Crippen molar-refractivity contribution < 1.29 is 0 Å². The summed E-state index contributed by atoms with van der Waals surface area (Å²) >= 11 is 5.79. The Bertz CT molecular complexity index is 236. The first kappa shape index (κ1) is 9.34. The van der Waals surface area contributed by atoms with E-state index in [1.165, 1.54) is 5.56 Å². The fourth-order valence-electron chi connectivity index (χ4n) is 0.956. The molecule has 0 spiro atoms. The van der Waals surface area contributed by atoms with Gasteiger partial charge in [0.1, 0.15) is 0 Å². The summed E-state index contributed by atoms with van der Waals surface area (Å²) in [5, 5.41) is 0.227. The highest BCUT2D eigenvalue weighted by Crippen LogP contribution is 2.05. The van der Waals surface area contributed by atoms with Crippen molar-refractivity contribution in [3.8, 4) is 0 Å². The van der Waals surface area contributed by atoms with Crippen molar-refractivity contribution in [1.29, 1.82) is 0 Å². The zero-order valence-electron chi connectivity index (χ0n) is 7.20. The number of benzene rings is 1. The molecule has 12 heavy (non-hydrogen) atoms. The lowest BCUT2D eigenvalue weighted by atomic mass is 10.2. The minimum Gasteiger partial charge on any atom is -0.123 e. The second-order valence-electron chi connectivity index (χ2n) is 2.83. The van der Waals surface area contributed by atoms with E-state index in [9.17, 15) is 0 Å². The van der Waals surface area contributed by atoms with E-state index in [4.69, 9.17) is 11.6 Å². The molecule has 64 valence electrons. The van der Waals surface area contributed by atoms with E-state index in [-0.39, 0.29) is 5.38 Å². The highest BCUT2D eigenvalue weighted by Gasteiger charge is 1.89. The molecule has 1 aromatic carbocycles. The van der Waals surface area contributed by atoms with E-state index >= 15 is 0 Å². The molecule has 0 heterocycles. The molecule has 1 heteroatoms. The summed E-state index contributed by atoms with van der Waals surface area (Å²) in [4.78, 5) is 0. The van der Waals surface area contributed by atoms with E-state index in [0.717, 1.165) is 6.42 Å². The number of alkyl halides is 1. The van der Waals surface area contributed by atoms with Crippen LogP contribution in [-0.2, 0) is 0 Å².